The Morgan fingerprint density at radius 3 is 2.67 bits per heavy atom. The van der Waals surface area contributed by atoms with E-state index in [1.807, 2.05) is 18.2 Å². The number of aryl methyl sites for hydroxylation is 1. The van der Waals surface area contributed by atoms with Crippen LogP contribution in [0.25, 0.3) is 22.3 Å². The average Bonchev–Trinajstić information content (AvgIpc) is 3.28. The molecule has 0 saturated carbocycles. The van der Waals surface area contributed by atoms with Crippen LogP contribution < -0.4 is 5.32 Å². The number of nitrogens with one attached hydrogen (secondary N) is 2. The summed E-state index contributed by atoms with van der Waals surface area (Å²) in [7, 11) is 0. The molecule has 1 aliphatic rings. The van der Waals surface area contributed by atoms with Crippen molar-refractivity contribution in [1.29, 1.82) is 5.41 Å². The first kappa shape index (κ1) is 18.4. The summed E-state index contributed by atoms with van der Waals surface area (Å²) in [5.41, 5.74) is 3.37. The first-order chi connectivity index (χ1) is 14.4. The summed E-state index contributed by atoms with van der Waals surface area (Å²) in [6.07, 6.45) is 0.0303. The minimum absolute atomic E-state index is 0.0355. The second-order valence-corrected chi connectivity index (χ2v) is 7.20. The fourth-order valence-electron chi connectivity index (χ4n) is 3.90. The minimum Gasteiger partial charge on any atom is -0.452 e. The Kier molecular flexibility index (Phi) is 4.13. The van der Waals surface area contributed by atoms with Gasteiger partial charge in [-0.25, -0.2) is 0 Å². The number of fused-ring (bicyclic) bond motifs is 2. The number of furan rings is 1. The number of hydrogen-bond donors (Lipinski definition) is 2. The molecule has 2 aromatic carbocycles. The van der Waals surface area contributed by atoms with Crippen molar-refractivity contribution in [3.63, 3.8) is 0 Å². The quantitative estimate of drug-likeness (QED) is 0.404. The predicted molar refractivity (Wildman–Crippen MR) is 109 cm³/mol. The van der Waals surface area contributed by atoms with Crippen LogP contribution in [0.2, 0.25) is 0 Å². The first-order valence-electron chi connectivity index (χ1n) is 9.42. The van der Waals surface area contributed by atoms with Crippen LogP contribution in [0.1, 0.15) is 23.1 Å². The molecule has 5 rings (SSSR count). The van der Waals surface area contributed by atoms with Crippen molar-refractivity contribution in [2.24, 2.45) is 0 Å². The molecule has 150 valence electrons. The maximum atomic E-state index is 13.6. The number of benzene rings is 2. The molecule has 0 aliphatic heterocycles. The standard InChI is InChI=1S/C23H16F3N3O/c24-23(25,26)18-4-2-1-3-16(18)22-21(17-9-10-28-12-20(17)30-22)29-14-6-7-15-13(11-14)5-8-19(15)27/h1-4,6-7,9-12,27,29H,5,8H2. The van der Waals surface area contributed by atoms with Crippen LogP contribution in [0.5, 0.6) is 0 Å². The second kappa shape index (κ2) is 6.73. The molecule has 4 nitrogen and oxygen atoms in total. The summed E-state index contributed by atoms with van der Waals surface area (Å²) < 4.78 is 46.8. The van der Waals surface area contributed by atoms with Gasteiger partial charge in [-0.1, -0.05) is 24.3 Å². The molecule has 2 N–H and O–H groups in total. The van der Waals surface area contributed by atoms with Crippen LogP contribution in [0.15, 0.2) is 65.3 Å². The largest absolute Gasteiger partial charge is 0.452 e. The van der Waals surface area contributed by atoms with Crippen LogP contribution in [0, 0.1) is 5.41 Å². The third kappa shape index (κ3) is 3.03. The highest BCUT2D eigenvalue weighted by Gasteiger charge is 2.35. The fourth-order valence-corrected chi connectivity index (χ4v) is 3.90. The lowest BCUT2D eigenvalue weighted by atomic mass is 10.0. The molecule has 2 aromatic heterocycles. The summed E-state index contributed by atoms with van der Waals surface area (Å²) in [6, 6.07) is 12.7. The summed E-state index contributed by atoms with van der Waals surface area (Å²) in [5, 5.41) is 11.9. The maximum absolute atomic E-state index is 13.6. The Balaban J connectivity index is 1.67. The second-order valence-electron chi connectivity index (χ2n) is 7.20. The van der Waals surface area contributed by atoms with E-state index >= 15 is 0 Å². The molecule has 0 fully saturated rings. The summed E-state index contributed by atoms with van der Waals surface area (Å²) in [4.78, 5) is 4.03. The smallest absolute Gasteiger partial charge is 0.417 e. The van der Waals surface area contributed by atoms with E-state index < -0.39 is 11.7 Å². The molecule has 0 bridgehead atoms. The van der Waals surface area contributed by atoms with Crippen molar-refractivity contribution >= 4 is 28.1 Å². The van der Waals surface area contributed by atoms with E-state index in [2.05, 4.69) is 10.3 Å². The lowest BCUT2D eigenvalue weighted by Crippen LogP contribution is -2.07. The van der Waals surface area contributed by atoms with Gasteiger partial charge >= 0.3 is 6.18 Å². The van der Waals surface area contributed by atoms with Crippen molar-refractivity contribution in [1.82, 2.24) is 4.98 Å². The minimum atomic E-state index is -4.51. The van der Waals surface area contributed by atoms with Crippen LogP contribution in [-0.4, -0.2) is 10.7 Å². The Bertz CT molecular complexity index is 1290. The first-order valence-corrected chi connectivity index (χ1v) is 9.42. The topological polar surface area (TPSA) is 61.9 Å². The SMILES string of the molecule is N=C1CCc2cc(Nc3c(-c4ccccc4C(F)(F)F)oc4cnccc34)ccc21. The van der Waals surface area contributed by atoms with Gasteiger partial charge in [0.05, 0.1) is 17.4 Å². The van der Waals surface area contributed by atoms with E-state index in [1.54, 1.807) is 18.3 Å². The van der Waals surface area contributed by atoms with Crippen molar-refractivity contribution in [2.75, 3.05) is 5.32 Å². The van der Waals surface area contributed by atoms with Gasteiger partial charge in [-0.05, 0) is 48.2 Å². The molecule has 4 aromatic rings. The zero-order valence-corrected chi connectivity index (χ0v) is 15.7. The highest BCUT2D eigenvalue weighted by Crippen LogP contribution is 2.44. The number of pyridine rings is 1. The third-order valence-electron chi connectivity index (χ3n) is 5.31. The summed E-state index contributed by atoms with van der Waals surface area (Å²) in [5.74, 6) is 0.110. The Morgan fingerprint density at radius 2 is 1.83 bits per heavy atom. The van der Waals surface area contributed by atoms with Gasteiger partial charge in [-0.2, -0.15) is 13.2 Å². The number of aromatic nitrogens is 1. The maximum Gasteiger partial charge on any atom is 0.417 e. The number of hydrogen-bond acceptors (Lipinski definition) is 4. The van der Waals surface area contributed by atoms with Crippen molar-refractivity contribution < 1.29 is 17.6 Å². The monoisotopic (exact) mass is 407 g/mol. The Labute approximate surface area is 169 Å². The fraction of sp³-hybridized carbons (Fsp3) is 0.130. The molecule has 0 amide bonds. The average molecular weight is 407 g/mol. The predicted octanol–water partition coefficient (Wildman–Crippen LogP) is 6.57. The lowest BCUT2D eigenvalue weighted by molar-refractivity contribution is -0.137. The zero-order valence-electron chi connectivity index (χ0n) is 15.7. The lowest BCUT2D eigenvalue weighted by Gasteiger charge is -2.13. The Hall–Kier alpha value is -3.61. The van der Waals surface area contributed by atoms with Crippen molar-refractivity contribution in [3.05, 3.63) is 77.6 Å². The molecule has 30 heavy (non-hydrogen) atoms. The van der Waals surface area contributed by atoms with E-state index in [0.29, 0.717) is 28.8 Å². The van der Waals surface area contributed by atoms with Crippen LogP contribution in [-0.2, 0) is 12.6 Å². The highest BCUT2D eigenvalue weighted by molar-refractivity contribution is 6.03. The number of halogens is 3. The molecule has 0 saturated heterocycles. The van der Waals surface area contributed by atoms with E-state index in [-0.39, 0.29) is 11.3 Å². The molecule has 7 heteroatoms. The van der Waals surface area contributed by atoms with Crippen molar-refractivity contribution in [3.8, 4) is 11.3 Å². The third-order valence-corrected chi connectivity index (χ3v) is 5.31. The van der Waals surface area contributed by atoms with Gasteiger partial charge < -0.3 is 15.1 Å². The number of anilines is 2. The van der Waals surface area contributed by atoms with Gasteiger partial charge in [-0.3, -0.25) is 4.98 Å². The number of nitrogens with zero attached hydrogens (tertiary/aromatic N) is 1. The molecule has 0 atom stereocenters. The number of alkyl halides is 3. The molecule has 0 spiro atoms. The summed E-state index contributed by atoms with van der Waals surface area (Å²) >= 11 is 0. The van der Waals surface area contributed by atoms with E-state index in [0.717, 1.165) is 29.3 Å². The van der Waals surface area contributed by atoms with Gasteiger partial charge in [0.2, 0.25) is 0 Å². The normalized spacial score (nSPS) is 13.6. The molecule has 2 heterocycles. The van der Waals surface area contributed by atoms with Crippen molar-refractivity contribution in [2.45, 2.75) is 19.0 Å². The van der Waals surface area contributed by atoms with Crippen LogP contribution in [0.4, 0.5) is 24.5 Å². The van der Waals surface area contributed by atoms with Gasteiger partial charge in [0, 0.05) is 28.5 Å². The highest BCUT2D eigenvalue weighted by atomic mass is 19.4. The van der Waals surface area contributed by atoms with Crippen LogP contribution in [0.3, 0.4) is 0 Å². The van der Waals surface area contributed by atoms with E-state index in [4.69, 9.17) is 9.83 Å². The summed E-state index contributed by atoms with van der Waals surface area (Å²) in [6.45, 7) is 0. The van der Waals surface area contributed by atoms with Gasteiger partial charge in [0.25, 0.3) is 0 Å². The molecule has 0 unspecified atom stereocenters. The van der Waals surface area contributed by atoms with Gasteiger partial charge in [0.15, 0.2) is 11.3 Å². The van der Waals surface area contributed by atoms with Gasteiger partial charge in [-0.15, -0.1) is 0 Å². The van der Waals surface area contributed by atoms with Crippen LogP contribution >= 0.6 is 0 Å². The zero-order chi connectivity index (χ0) is 20.9. The number of rotatable bonds is 3. The Morgan fingerprint density at radius 1 is 1.00 bits per heavy atom. The molecular formula is C23H16F3N3O. The molecule has 0 radical (unpaired) electrons. The van der Waals surface area contributed by atoms with E-state index in [1.165, 1.54) is 18.3 Å². The molecule has 1 aliphatic carbocycles. The van der Waals surface area contributed by atoms with Gasteiger partial charge in [0.1, 0.15) is 0 Å². The van der Waals surface area contributed by atoms with E-state index in [9.17, 15) is 13.2 Å². The molecular weight excluding hydrogens is 391 g/mol.